The Kier molecular flexibility index (Phi) is 15.5. The van der Waals surface area contributed by atoms with E-state index in [1.54, 1.807) is 20.8 Å². The zero-order valence-electron chi connectivity index (χ0n) is 19.0. The van der Waals surface area contributed by atoms with Crippen LogP contribution >= 0.6 is 0 Å². The number of rotatable bonds is 17. The fourth-order valence-electron chi connectivity index (χ4n) is 1.86. The first-order valence-corrected chi connectivity index (χ1v) is 10.2. The summed E-state index contributed by atoms with van der Waals surface area (Å²) in [4.78, 5) is 23.8. The van der Waals surface area contributed by atoms with Crippen LogP contribution in [-0.2, 0) is 33.2 Å². The van der Waals surface area contributed by atoms with Crippen LogP contribution in [0.15, 0.2) is 0 Å². The van der Waals surface area contributed by atoms with E-state index in [1.807, 2.05) is 0 Å². The van der Waals surface area contributed by atoms with Gasteiger partial charge < -0.3 is 38.8 Å². The molecule has 0 bridgehead atoms. The highest BCUT2D eigenvalue weighted by Gasteiger charge is 2.36. The van der Waals surface area contributed by atoms with Crippen molar-refractivity contribution < 1.29 is 43.1 Å². The van der Waals surface area contributed by atoms with Crippen molar-refractivity contribution in [2.24, 2.45) is 0 Å². The lowest BCUT2D eigenvalue weighted by molar-refractivity contribution is -0.173. The maximum Gasteiger partial charge on any atom is 0.408 e. The summed E-state index contributed by atoms with van der Waals surface area (Å²) in [5.74, 6) is -0.614. The normalized spacial score (nSPS) is 11.9. The van der Waals surface area contributed by atoms with Crippen molar-refractivity contribution >= 4 is 12.1 Å². The smallest absolute Gasteiger partial charge is 0.408 e. The number of carbonyl (C=O) groups excluding carboxylic acids is 2. The monoisotopic (exact) mass is 437 g/mol. The van der Waals surface area contributed by atoms with E-state index >= 15 is 0 Å². The van der Waals surface area contributed by atoms with Gasteiger partial charge in [0.1, 0.15) is 5.60 Å². The molecule has 0 saturated heterocycles. The fraction of sp³-hybridized carbons (Fsp3) is 0.900. The van der Waals surface area contributed by atoms with Gasteiger partial charge in [-0.3, -0.25) is 0 Å². The SMILES string of the molecule is CC(C)(C)OC(=O)C(C)(C)OC(=O)NCCOCCOCCOCCOCCCO. The van der Waals surface area contributed by atoms with Crippen LogP contribution in [0.3, 0.4) is 0 Å². The van der Waals surface area contributed by atoms with E-state index in [0.717, 1.165) is 0 Å². The zero-order chi connectivity index (χ0) is 22.9. The predicted octanol–water partition coefficient (Wildman–Crippen LogP) is 1.28. The molecule has 10 nitrogen and oxygen atoms in total. The Morgan fingerprint density at radius 2 is 1.20 bits per heavy atom. The fourth-order valence-corrected chi connectivity index (χ4v) is 1.86. The molecule has 10 heteroatoms. The molecule has 0 heterocycles. The number of carbonyl (C=O) groups is 2. The van der Waals surface area contributed by atoms with E-state index in [-0.39, 0.29) is 19.8 Å². The summed E-state index contributed by atoms with van der Waals surface area (Å²) in [5, 5.41) is 11.1. The van der Waals surface area contributed by atoms with Crippen LogP contribution in [0, 0.1) is 0 Å². The van der Waals surface area contributed by atoms with Crippen LogP contribution in [-0.4, -0.2) is 94.4 Å². The van der Waals surface area contributed by atoms with Gasteiger partial charge in [0, 0.05) is 19.8 Å². The summed E-state index contributed by atoms with van der Waals surface area (Å²) in [6, 6.07) is 0. The Morgan fingerprint density at radius 1 is 0.733 bits per heavy atom. The summed E-state index contributed by atoms with van der Waals surface area (Å²) >= 11 is 0. The topological polar surface area (TPSA) is 122 Å². The number of nitrogens with one attached hydrogen (secondary N) is 1. The molecule has 0 aliphatic heterocycles. The van der Waals surface area contributed by atoms with Crippen molar-refractivity contribution in [1.82, 2.24) is 5.32 Å². The van der Waals surface area contributed by atoms with Crippen molar-refractivity contribution in [3.8, 4) is 0 Å². The highest BCUT2D eigenvalue weighted by atomic mass is 16.6. The van der Waals surface area contributed by atoms with E-state index in [0.29, 0.717) is 52.7 Å². The van der Waals surface area contributed by atoms with E-state index in [1.165, 1.54) is 13.8 Å². The number of aliphatic hydroxyl groups excluding tert-OH is 1. The Morgan fingerprint density at radius 3 is 1.67 bits per heavy atom. The van der Waals surface area contributed by atoms with Crippen LogP contribution in [0.2, 0.25) is 0 Å². The summed E-state index contributed by atoms with van der Waals surface area (Å²) in [7, 11) is 0. The first-order valence-electron chi connectivity index (χ1n) is 10.2. The largest absolute Gasteiger partial charge is 0.457 e. The number of esters is 1. The second-order valence-corrected chi connectivity index (χ2v) is 7.86. The van der Waals surface area contributed by atoms with E-state index in [9.17, 15) is 9.59 Å². The standard InChI is InChI=1S/C20H39NO9/c1-19(2,3)29-17(23)20(4,5)30-18(24)21-7-10-26-12-14-28-16-15-27-13-11-25-9-6-8-22/h22H,6-16H2,1-5H3,(H,21,24). The first kappa shape index (κ1) is 28.5. The lowest BCUT2D eigenvalue weighted by Gasteiger charge is -2.28. The second-order valence-electron chi connectivity index (χ2n) is 7.86. The number of amides is 1. The van der Waals surface area contributed by atoms with Gasteiger partial charge in [-0.15, -0.1) is 0 Å². The van der Waals surface area contributed by atoms with Crippen LogP contribution in [0.25, 0.3) is 0 Å². The Balaban J connectivity index is 3.56. The van der Waals surface area contributed by atoms with Crippen LogP contribution < -0.4 is 5.32 Å². The molecule has 1 amide bonds. The van der Waals surface area contributed by atoms with E-state index < -0.39 is 23.3 Å². The minimum Gasteiger partial charge on any atom is -0.457 e. The molecule has 0 atom stereocenters. The Labute approximate surface area is 179 Å². The molecule has 30 heavy (non-hydrogen) atoms. The minimum absolute atomic E-state index is 0.128. The van der Waals surface area contributed by atoms with Gasteiger partial charge in [0.05, 0.1) is 46.2 Å². The number of aliphatic hydroxyl groups is 1. The molecule has 0 fully saturated rings. The average molecular weight is 438 g/mol. The quantitative estimate of drug-likeness (QED) is 0.256. The molecule has 0 aromatic carbocycles. The van der Waals surface area contributed by atoms with Gasteiger partial charge >= 0.3 is 12.1 Å². The van der Waals surface area contributed by atoms with Gasteiger partial charge in [0.15, 0.2) is 0 Å². The average Bonchev–Trinajstić information content (AvgIpc) is 2.63. The predicted molar refractivity (Wildman–Crippen MR) is 109 cm³/mol. The van der Waals surface area contributed by atoms with Gasteiger partial charge in [0.25, 0.3) is 0 Å². The minimum atomic E-state index is -1.39. The Hall–Kier alpha value is -1.46. The summed E-state index contributed by atoms with van der Waals surface area (Å²) in [6.45, 7) is 12.0. The summed E-state index contributed by atoms with van der Waals surface area (Å²) in [6.07, 6.45) is -0.0904. The van der Waals surface area contributed by atoms with Gasteiger partial charge in [0.2, 0.25) is 5.60 Å². The molecule has 0 rings (SSSR count). The van der Waals surface area contributed by atoms with Gasteiger partial charge in [-0.1, -0.05) is 0 Å². The van der Waals surface area contributed by atoms with E-state index in [4.69, 9.17) is 33.5 Å². The maximum atomic E-state index is 12.0. The molecule has 0 aromatic heterocycles. The lowest BCUT2D eigenvalue weighted by Crippen LogP contribution is -2.44. The number of hydrogen-bond donors (Lipinski definition) is 2. The second kappa shape index (κ2) is 16.3. The number of hydrogen-bond acceptors (Lipinski definition) is 9. The maximum absolute atomic E-state index is 12.0. The Bertz CT molecular complexity index is 464. The molecule has 0 aliphatic carbocycles. The van der Waals surface area contributed by atoms with Gasteiger partial charge in [-0.05, 0) is 41.0 Å². The van der Waals surface area contributed by atoms with Crippen LogP contribution in [0.4, 0.5) is 4.79 Å². The molecular formula is C20H39NO9. The van der Waals surface area contributed by atoms with Crippen molar-refractivity contribution in [3.05, 3.63) is 0 Å². The molecular weight excluding hydrogens is 398 g/mol. The van der Waals surface area contributed by atoms with E-state index in [2.05, 4.69) is 5.32 Å². The van der Waals surface area contributed by atoms with Crippen LogP contribution in [0.1, 0.15) is 41.0 Å². The van der Waals surface area contributed by atoms with Gasteiger partial charge in [-0.2, -0.15) is 0 Å². The number of alkyl carbamates (subject to hydrolysis) is 1. The highest BCUT2D eigenvalue weighted by Crippen LogP contribution is 2.17. The highest BCUT2D eigenvalue weighted by molar-refractivity contribution is 5.82. The van der Waals surface area contributed by atoms with Gasteiger partial charge in [-0.25, -0.2) is 9.59 Å². The summed E-state index contributed by atoms with van der Waals surface area (Å²) in [5.41, 5.74) is -2.05. The van der Waals surface area contributed by atoms with Crippen molar-refractivity contribution in [3.63, 3.8) is 0 Å². The molecule has 2 N–H and O–H groups in total. The third-order valence-corrected chi connectivity index (χ3v) is 3.32. The molecule has 0 unspecified atom stereocenters. The van der Waals surface area contributed by atoms with Crippen molar-refractivity contribution in [1.29, 1.82) is 0 Å². The third kappa shape index (κ3) is 17.4. The molecule has 0 saturated carbocycles. The van der Waals surface area contributed by atoms with Crippen molar-refractivity contribution in [2.75, 3.05) is 66.0 Å². The summed E-state index contributed by atoms with van der Waals surface area (Å²) < 4.78 is 31.6. The molecule has 0 aliphatic rings. The molecule has 178 valence electrons. The lowest BCUT2D eigenvalue weighted by atomic mass is 10.1. The number of ether oxygens (including phenoxy) is 6. The molecule has 0 aromatic rings. The third-order valence-electron chi connectivity index (χ3n) is 3.32. The van der Waals surface area contributed by atoms with Crippen molar-refractivity contribution in [2.45, 2.75) is 52.2 Å². The molecule has 0 spiro atoms. The first-order chi connectivity index (χ1) is 14.1. The van der Waals surface area contributed by atoms with Crippen LogP contribution in [0.5, 0.6) is 0 Å². The zero-order valence-corrected chi connectivity index (χ0v) is 19.0. The molecule has 0 radical (unpaired) electrons.